The lowest BCUT2D eigenvalue weighted by Gasteiger charge is -2.02. The molecule has 24 heavy (non-hydrogen) atoms. The summed E-state index contributed by atoms with van der Waals surface area (Å²) in [6.07, 6.45) is 18.8. The average molecular weight is 340 g/mol. The molecule has 0 unspecified atom stereocenters. The van der Waals surface area contributed by atoms with E-state index >= 15 is 0 Å². The molecule has 0 aliphatic rings. The van der Waals surface area contributed by atoms with Gasteiger partial charge in [-0.3, -0.25) is 9.59 Å². The van der Waals surface area contributed by atoms with E-state index in [4.69, 9.17) is 5.11 Å². The first-order valence-electron chi connectivity index (χ1n) is 9.80. The van der Waals surface area contributed by atoms with Gasteiger partial charge in [-0.2, -0.15) is 0 Å². The van der Waals surface area contributed by atoms with Crippen molar-refractivity contribution in [2.24, 2.45) is 0 Å². The van der Waals surface area contributed by atoms with Crippen molar-refractivity contribution in [2.75, 3.05) is 6.54 Å². The first kappa shape index (κ1) is 22.7. The van der Waals surface area contributed by atoms with Crippen LogP contribution in [0, 0.1) is 0 Å². The molecule has 0 spiro atoms. The third-order valence-electron chi connectivity index (χ3n) is 4.02. The number of carboxylic acids is 1. The highest BCUT2D eigenvalue weighted by molar-refractivity contribution is 5.75. The number of carbonyl (C=O) groups is 2. The van der Waals surface area contributed by atoms with E-state index in [9.17, 15) is 9.59 Å². The molecule has 0 aromatic carbocycles. The zero-order valence-corrected chi connectivity index (χ0v) is 15.5. The first-order chi connectivity index (χ1) is 11.7. The Labute approximate surface area is 148 Å². The molecule has 0 fully saturated rings. The van der Waals surface area contributed by atoms with Crippen LogP contribution >= 0.6 is 0 Å². The highest BCUT2D eigenvalue weighted by Gasteiger charge is 1.98. The molecule has 0 aliphatic heterocycles. The Morgan fingerprint density at radius 3 is 1.88 bits per heavy atom. The van der Waals surface area contributed by atoms with E-state index in [0.29, 0.717) is 12.8 Å². The molecule has 0 bridgehead atoms. The summed E-state index contributed by atoms with van der Waals surface area (Å²) >= 11 is 0. The molecule has 1 amide bonds. The summed E-state index contributed by atoms with van der Waals surface area (Å²) in [6.45, 7) is 2.86. The van der Waals surface area contributed by atoms with Crippen LogP contribution < -0.4 is 5.32 Å². The first-order valence-corrected chi connectivity index (χ1v) is 9.80. The number of hydrogen-bond acceptors (Lipinski definition) is 2. The Balaban J connectivity index is 3.19. The van der Waals surface area contributed by atoms with Crippen molar-refractivity contribution in [1.29, 1.82) is 0 Å². The number of carboxylic acid groups (broad SMARTS) is 1. The third-order valence-corrected chi connectivity index (χ3v) is 4.02. The van der Waals surface area contributed by atoms with Crippen molar-refractivity contribution < 1.29 is 14.7 Å². The molecule has 2 N–H and O–H groups in total. The lowest BCUT2D eigenvalue weighted by molar-refractivity contribution is -0.137. The number of hydrogen-bond donors (Lipinski definition) is 2. The lowest BCUT2D eigenvalue weighted by Crippen LogP contribution is -2.23. The minimum absolute atomic E-state index is 0.184. The average Bonchev–Trinajstić information content (AvgIpc) is 2.56. The number of nitrogens with one attached hydrogen (secondary N) is 1. The Kier molecular flexibility index (Phi) is 17.0. The molecule has 0 heterocycles. The van der Waals surface area contributed by atoms with Gasteiger partial charge in [0.05, 0.1) is 0 Å². The smallest absolute Gasteiger partial charge is 0.303 e. The van der Waals surface area contributed by atoms with Crippen LogP contribution in [0.25, 0.3) is 0 Å². The maximum Gasteiger partial charge on any atom is 0.303 e. The van der Waals surface area contributed by atoms with Crippen LogP contribution in [-0.4, -0.2) is 23.5 Å². The lowest BCUT2D eigenvalue weighted by atomic mass is 10.1. The van der Waals surface area contributed by atoms with Gasteiger partial charge in [0.25, 0.3) is 0 Å². The second-order valence-corrected chi connectivity index (χ2v) is 6.47. The van der Waals surface area contributed by atoms with Crippen molar-refractivity contribution in [3.63, 3.8) is 0 Å². The monoisotopic (exact) mass is 339 g/mol. The topological polar surface area (TPSA) is 66.4 Å². The van der Waals surface area contributed by atoms with Gasteiger partial charge in [0.15, 0.2) is 0 Å². The van der Waals surface area contributed by atoms with E-state index in [2.05, 4.69) is 24.4 Å². The van der Waals surface area contributed by atoms with E-state index < -0.39 is 5.97 Å². The van der Waals surface area contributed by atoms with Crippen molar-refractivity contribution in [2.45, 2.75) is 96.8 Å². The fourth-order valence-corrected chi connectivity index (χ4v) is 2.56. The van der Waals surface area contributed by atoms with E-state index in [1.165, 1.54) is 25.7 Å². The maximum absolute atomic E-state index is 11.4. The molecule has 0 aromatic heterocycles. The van der Waals surface area contributed by atoms with E-state index in [1.54, 1.807) is 0 Å². The molecule has 4 heteroatoms. The number of rotatable bonds is 17. The fraction of sp³-hybridized carbons (Fsp3) is 0.800. The molecule has 0 atom stereocenters. The van der Waals surface area contributed by atoms with Crippen molar-refractivity contribution in [3.8, 4) is 0 Å². The summed E-state index contributed by atoms with van der Waals surface area (Å²) < 4.78 is 0. The van der Waals surface area contributed by atoms with Crippen LogP contribution in [0.1, 0.15) is 96.8 Å². The van der Waals surface area contributed by atoms with E-state index in [0.717, 1.165) is 57.9 Å². The van der Waals surface area contributed by atoms with Crippen LogP contribution in [0.2, 0.25) is 0 Å². The highest BCUT2D eigenvalue weighted by atomic mass is 16.4. The van der Waals surface area contributed by atoms with Gasteiger partial charge in [0, 0.05) is 19.4 Å². The van der Waals surface area contributed by atoms with Gasteiger partial charge in [0.2, 0.25) is 5.91 Å². The maximum atomic E-state index is 11.4. The molecule has 0 aliphatic carbocycles. The minimum atomic E-state index is -0.679. The second-order valence-electron chi connectivity index (χ2n) is 6.47. The van der Waals surface area contributed by atoms with Crippen LogP contribution in [-0.2, 0) is 9.59 Å². The largest absolute Gasteiger partial charge is 0.481 e. The van der Waals surface area contributed by atoms with Gasteiger partial charge in [0.1, 0.15) is 0 Å². The minimum Gasteiger partial charge on any atom is -0.481 e. The van der Waals surface area contributed by atoms with E-state index in [1.807, 2.05) is 0 Å². The second kappa shape index (κ2) is 18.0. The van der Waals surface area contributed by atoms with Gasteiger partial charge in [-0.15, -0.1) is 0 Å². The summed E-state index contributed by atoms with van der Waals surface area (Å²) in [5.74, 6) is -0.495. The van der Waals surface area contributed by atoms with Crippen LogP contribution in [0.15, 0.2) is 12.2 Å². The number of carbonyl (C=O) groups excluding carboxylic acids is 1. The zero-order valence-electron chi connectivity index (χ0n) is 15.5. The fourth-order valence-electron chi connectivity index (χ4n) is 2.56. The number of aliphatic carboxylic acids is 1. The van der Waals surface area contributed by atoms with E-state index in [-0.39, 0.29) is 5.91 Å². The standard InChI is InChI=1S/C20H37NO3/c1-2-18-21-19(22)16-14-12-10-8-6-4-3-5-7-9-11-13-15-17-20(23)24/h6,8H,2-5,7,9-18H2,1H3,(H,21,22)(H,23,24)/b8-6-. The summed E-state index contributed by atoms with van der Waals surface area (Å²) in [5.41, 5.74) is 0. The third kappa shape index (κ3) is 18.7. The molecule has 0 radical (unpaired) electrons. The number of amides is 1. The molecule has 0 aromatic rings. The van der Waals surface area contributed by atoms with Crippen LogP contribution in [0.5, 0.6) is 0 Å². The van der Waals surface area contributed by atoms with Crippen LogP contribution in [0.4, 0.5) is 0 Å². The molecule has 0 saturated carbocycles. The van der Waals surface area contributed by atoms with Gasteiger partial charge in [-0.25, -0.2) is 0 Å². The SMILES string of the molecule is CCCNC(=O)CCCC/C=C\CCCCCCCCCC(=O)O. The quantitative estimate of drug-likeness (QED) is 0.282. The molecule has 140 valence electrons. The highest BCUT2D eigenvalue weighted by Crippen LogP contribution is 2.10. The molecule has 0 saturated heterocycles. The normalized spacial score (nSPS) is 11.0. The van der Waals surface area contributed by atoms with Crippen LogP contribution in [0.3, 0.4) is 0 Å². The summed E-state index contributed by atoms with van der Waals surface area (Å²) in [6, 6.07) is 0. The Morgan fingerprint density at radius 2 is 1.29 bits per heavy atom. The summed E-state index contributed by atoms with van der Waals surface area (Å²) in [5, 5.41) is 11.4. The Morgan fingerprint density at radius 1 is 0.792 bits per heavy atom. The number of allylic oxidation sites excluding steroid dienone is 2. The van der Waals surface area contributed by atoms with Gasteiger partial charge in [-0.1, -0.05) is 51.2 Å². The Hall–Kier alpha value is -1.32. The van der Waals surface area contributed by atoms with Crippen molar-refractivity contribution >= 4 is 11.9 Å². The van der Waals surface area contributed by atoms with Crippen molar-refractivity contribution in [3.05, 3.63) is 12.2 Å². The Bertz CT molecular complexity index is 340. The predicted molar refractivity (Wildman–Crippen MR) is 100 cm³/mol. The molecular formula is C20H37NO3. The molecular weight excluding hydrogens is 302 g/mol. The molecule has 0 rings (SSSR count). The van der Waals surface area contributed by atoms with Gasteiger partial charge >= 0.3 is 5.97 Å². The van der Waals surface area contributed by atoms with Crippen molar-refractivity contribution in [1.82, 2.24) is 5.32 Å². The zero-order chi connectivity index (χ0) is 17.9. The van der Waals surface area contributed by atoms with Gasteiger partial charge < -0.3 is 10.4 Å². The predicted octanol–water partition coefficient (Wildman–Crippen LogP) is 5.22. The van der Waals surface area contributed by atoms with Gasteiger partial charge in [-0.05, 0) is 44.9 Å². The summed E-state index contributed by atoms with van der Waals surface area (Å²) in [4.78, 5) is 21.8. The molecule has 4 nitrogen and oxygen atoms in total. The summed E-state index contributed by atoms with van der Waals surface area (Å²) in [7, 11) is 0. The number of unbranched alkanes of at least 4 members (excludes halogenated alkanes) is 9.